The second-order valence-corrected chi connectivity index (χ2v) is 7.09. The highest BCUT2D eigenvalue weighted by atomic mass is 35.5. The van der Waals surface area contributed by atoms with Crippen molar-refractivity contribution in [1.82, 2.24) is 9.55 Å². The van der Waals surface area contributed by atoms with Gasteiger partial charge < -0.3 is 4.74 Å². The SMILES string of the molecule is CC(C)(C)OC(=O)c1ncn2c1CN(C(=O)Cl)c1c(Cl)cccc1-2. The number of hydrogen-bond acceptors (Lipinski definition) is 4. The van der Waals surface area contributed by atoms with Crippen molar-refractivity contribution in [3.05, 3.63) is 40.9 Å². The van der Waals surface area contributed by atoms with E-state index in [0.29, 0.717) is 22.1 Å². The molecule has 2 aromatic rings. The van der Waals surface area contributed by atoms with Crippen LogP contribution < -0.4 is 4.90 Å². The number of para-hydroxylation sites is 1. The van der Waals surface area contributed by atoms with E-state index in [9.17, 15) is 9.59 Å². The van der Waals surface area contributed by atoms with Crippen molar-refractivity contribution in [2.24, 2.45) is 0 Å². The predicted octanol–water partition coefficient (Wildman–Crippen LogP) is 4.16. The van der Waals surface area contributed by atoms with Crippen LogP contribution in [-0.4, -0.2) is 26.5 Å². The van der Waals surface area contributed by atoms with Crippen molar-refractivity contribution in [2.45, 2.75) is 32.9 Å². The van der Waals surface area contributed by atoms with Crippen molar-refractivity contribution in [3.8, 4) is 5.69 Å². The van der Waals surface area contributed by atoms with Crippen LogP contribution in [-0.2, 0) is 11.3 Å². The monoisotopic (exact) mass is 367 g/mol. The summed E-state index contributed by atoms with van der Waals surface area (Å²) in [5, 5.41) is -0.299. The molecule has 0 unspecified atom stereocenters. The maximum atomic E-state index is 12.4. The average Bonchev–Trinajstić information content (AvgIpc) is 2.88. The molecule has 1 aromatic carbocycles. The number of carbonyl (C=O) groups is 2. The topological polar surface area (TPSA) is 64.4 Å². The van der Waals surface area contributed by atoms with Gasteiger partial charge in [-0.1, -0.05) is 17.7 Å². The Bertz CT molecular complexity index is 840. The minimum Gasteiger partial charge on any atom is -0.455 e. The fourth-order valence-electron chi connectivity index (χ4n) is 2.57. The number of nitrogens with zero attached hydrogens (tertiary/aromatic N) is 3. The predicted molar refractivity (Wildman–Crippen MR) is 91.2 cm³/mol. The molecule has 0 spiro atoms. The lowest BCUT2D eigenvalue weighted by atomic mass is 10.1. The highest BCUT2D eigenvalue weighted by Crippen LogP contribution is 2.39. The third-order valence-corrected chi connectivity index (χ3v) is 3.98. The molecule has 0 fully saturated rings. The molecule has 8 heteroatoms. The van der Waals surface area contributed by atoms with Crippen molar-refractivity contribution in [3.63, 3.8) is 0 Å². The van der Waals surface area contributed by atoms with Gasteiger partial charge in [-0.3, -0.25) is 14.3 Å². The molecule has 3 rings (SSSR count). The zero-order valence-corrected chi connectivity index (χ0v) is 14.9. The number of aromatic nitrogens is 2. The summed E-state index contributed by atoms with van der Waals surface area (Å²) in [6.45, 7) is 5.40. The summed E-state index contributed by atoms with van der Waals surface area (Å²) < 4.78 is 7.10. The molecule has 0 bridgehead atoms. The maximum Gasteiger partial charge on any atom is 0.359 e. The van der Waals surface area contributed by atoms with Gasteiger partial charge in [0, 0.05) is 0 Å². The van der Waals surface area contributed by atoms with E-state index < -0.39 is 16.9 Å². The lowest BCUT2D eigenvalue weighted by Crippen LogP contribution is -2.33. The van der Waals surface area contributed by atoms with E-state index in [1.165, 1.54) is 11.2 Å². The largest absolute Gasteiger partial charge is 0.455 e. The van der Waals surface area contributed by atoms with Gasteiger partial charge in [0.25, 0.3) is 0 Å². The Morgan fingerprint density at radius 2 is 2.00 bits per heavy atom. The zero-order chi connectivity index (χ0) is 17.6. The third kappa shape index (κ3) is 2.87. The quantitative estimate of drug-likeness (QED) is 0.431. The van der Waals surface area contributed by atoms with Crippen molar-refractivity contribution >= 4 is 40.2 Å². The van der Waals surface area contributed by atoms with E-state index in [1.54, 1.807) is 43.5 Å². The molecule has 24 heavy (non-hydrogen) atoms. The number of esters is 1. The number of benzene rings is 1. The minimum atomic E-state index is -0.688. The number of ether oxygens (including phenoxy) is 1. The minimum absolute atomic E-state index is 0.0770. The molecule has 0 saturated heterocycles. The number of imidazole rings is 1. The van der Waals surface area contributed by atoms with Crippen LogP contribution in [0, 0.1) is 0 Å². The second-order valence-electron chi connectivity index (χ2n) is 6.36. The molecule has 6 nitrogen and oxygen atoms in total. The first-order valence-corrected chi connectivity index (χ1v) is 8.00. The molecular weight excluding hydrogens is 353 g/mol. The molecule has 0 N–H and O–H groups in total. The molecule has 0 radical (unpaired) electrons. The van der Waals surface area contributed by atoms with E-state index in [0.717, 1.165) is 0 Å². The van der Waals surface area contributed by atoms with Crippen LogP contribution in [0.15, 0.2) is 24.5 Å². The summed E-state index contributed by atoms with van der Waals surface area (Å²) in [5.41, 5.74) is 1.14. The van der Waals surface area contributed by atoms with Gasteiger partial charge in [0.05, 0.1) is 28.6 Å². The molecule has 1 aliphatic heterocycles. The Balaban J connectivity index is 2.13. The second kappa shape index (κ2) is 5.79. The van der Waals surface area contributed by atoms with E-state index in [4.69, 9.17) is 27.9 Å². The summed E-state index contributed by atoms with van der Waals surface area (Å²) >= 11 is 11.9. The molecule has 2 heterocycles. The zero-order valence-electron chi connectivity index (χ0n) is 13.3. The molecule has 0 atom stereocenters. The first-order valence-electron chi connectivity index (χ1n) is 7.24. The Morgan fingerprint density at radius 3 is 2.62 bits per heavy atom. The molecule has 1 amide bonds. The van der Waals surface area contributed by atoms with Crippen LogP contribution in [0.4, 0.5) is 10.5 Å². The van der Waals surface area contributed by atoms with E-state index in [1.807, 2.05) is 0 Å². The Hall–Kier alpha value is -2.05. The summed E-state index contributed by atoms with van der Waals surface area (Å²) in [4.78, 5) is 29.7. The molecular formula is C16H15Cl2N3O3. The van der Waals surface area contributed by atoms with Gasteiger partial charge in [0.15, 0.2) is 5.69 Å². The van der Waals surface area contributed by atoms with Crippen molar-refractivity contribution < 1.29 is 14.3 Å². The van der Waals surface area contributed by atoms with Gasteiger partial charge >= 0.3 is 11.3 Å². The average molecular weight is 368 g/mol. The first-order chi connectivity index (χ1) is 11.2. The molecule has 0 saturated carbocycles. The number of anilines is 1. The van der Waals surface area contributed by atoms with E-state index in [-0.39, 0.29) is 12.2 Å². The third-order valence-electron chi connectivity index (χ3n) is 3.47. The van der Waals surface area contributed by atoms with Crippen LogP contribution in [0.2, 0.25) is 5.02 Å². The van der Waals surface area contributed by atoms with Gasteiger partial charge in [-0.25, -0.2) is 9.78 Å². The number of hydrogen-bond donors (Lipinski definition) is 0. The number of amides is 1. The van der Waals surface area contributed by atoms with Crippen LogP contribution in [0.25, 0.3) is 5.69 Å². The Kier molecular flexibility index (Phi) is 4.05. The fourth-order valence-corrected chi connectivity index (χ4v) is 2.99. The van der Waals surface area contributed by atoms with Crippen LogP contribution in [0.3, 0.4) is 0 Å². The Labute approximate surface area is 148 Å². The smallest absolute Gasteiger partial charge is 0.359 e. The molecule has 1 aliphatic rings. The standard InChI is InChI=1S/C16H15Cl2N3O3/c1-16(2,3)24-14(22)12-11-7-20(15(18)23)13-9(17)5-4-6-10(13)21(11)8-19-12/h4-6,8H,7H2,1-3H3. The first kappa shape index (κ1) is 16.8. The van der Waals surface area contributed by atoms with Crippen molar-refractivity contribution in [2.75, 3.05) is 4.90 Å². The van der Waals surface area contributed by atoms with Gasteiger partial charge in [-0.05, 0) is 44.5 Å². The summed E-state index contributed by atoms with van der Waals surface area (Å²) in [5.74, 6) is -0.552. The molecule has 126 valence electrons. The number of halogens is 2. The van der Waals surface area contributed by atoms with Crippen molar-refractivity contribution in [1.29, 1.82) is 0 Å². The van der Waals surface area contributed by atoms with Crippen LogP contribution >= 0.6 is 23.2 Å². The van der Waals surface area contributed by atoms with Gasteiger partial charge in [0.1, 0.15) is 11.9 Å². The Morgan fingerprint density at radius 1 is 1.29 bits per heavy atom. The van der Waals surface area contributed by atoms with Crippen LogP contribution in [0.5, 0.6) is 0 Å². The highest BCUT2D eigenvalue weighted by molar-refractivity contribution is 6.66. The van der Waals surface area contributed by atoms with E-state index in [2.05, 4.69) is 4.98 Å². The lowest BCUT2D eigenvalue weighted by Gasteiger charge is -2.30. The number of rotatable bonds is 1. The summed E-state index contributed by atoms with van der Waals surface area (Å²) in [6, 6.07) is 5.20. The molecule has 1 aromatic heterocycles. The number of fused-ring (bicyclic) bond motifs is 3. The lowest BCUT2D eigenvalue weighted by molar-refractivity contribution is 0.00620. The summed E-state index contributed by atoms with van der Waals surface area (Å²) in [7, 11) is 0. The summed E-state index contributed by atoms with van der Waals surface area (Å²) in [6.07, 6.45) is 1.51. The van der Waals surface area contributed by atoms with Gasteiger partial charge in [-0.2, -0.15) is 0 Å². The van der Waals surface area contributed by atoms with Gasteiger partial charge in [-0.15, -0.1) is 0 Å². The molecule has 0 aliphatic carbocycles. The number of carbonyl (C=O) groups excluding carboxylic acids is 2. The highest BCUT2D eigenvalue weighted by Gasteiger charge is 2.33. The van der Waals surface area contributed by atoms with E-state index >= 15 is 0 Å². The normalized spacial score (nSPS) is 13.3. The van der Waals surface area contributed by atoms with Crippen LogP contribution in [0.1, 0.15) is 37.0 Å². The fraction of sp³-hybridized carbons (Fsp3) is 0.312. The maximum absolute atomic E-state index is 12.4. The van der Waals surface area contributed by atoms with Gasteiger partial charge in [0.2, 0.25) is 0 Å².